The first-order chi connectivity index (χ1) is 67.7. The van der Waals surface area contributed by atoms with Gasteiger partial charge >= 0.3 is 0 Å². The van der Waals surface area contributed by atoms with Gasteiger partial charge in [-0.25, -0.2) is 29.9 Å². The normalized spacial score (nSPS) is 12.1. The molecule has 0 amide bonds. The fourth-order valence-electron chi connectivity index (χ4n) is 20.6. The van der Waals surface area contributed by atoms with Crippen molar-refractivity contribution in [3.63, 3.8) is 0 Å². The molecule has 0 saturated carbocycles. The van der Waals surface area contributed by atoms with Crippen molar-refractivity contribution in [1.29, 1.82) is 5.26 Å². The van der Waals surface area contributed by atoms with Crippen LogP contribution in [0.3, 0.4) is 0 Å². The van der Waals surface area contributed by atoms with Crippen molar-refractivity contribution in [3.05, 3.63) is 454 Å². The smallest absolute Gasteiger partial charge is 0.164 e. The number of hydrogen-bond acceptors (Lipinski definition) is 12. The Morgan fingerprint density at radius 3 is 0.905 bits per heavy atom. The summed E-state index contributed by atoms with van der Waals surface area (Å²) in [5.74, 6) is 1.90. The second-order valence-corrected chi connectivity index (χ2v) is 35.3. The Bertz CT molecular complexity index is 8960. The number of pyridine rings is 8. The molecule has 137 heavy (non-hydrogen) atoms. The lowest BCUT2D eigenvalue weighted by molar-refractivity contribution is 0.660. The minimum atomic E-state index is -0.198. The van der Waals surface area contributed by atoms with E-state index in [2.05, 4.69) is 321 Å². The van der Waals surface area contributed by atoms with Crippen molar-refractivity contribution in [2.24, 2.45) is 0 Å². The molecule has 0 N–H and O–H groups in total. The van der Waals surface area contributed by atoms with Crippen molar-refractivity contribution in [2.75, 3.05) is 0 Å². The molecule has 17 aromatic carbocycles. The highest BCUT2D eigenvalue weighted by molar-refractivity contribution is 6.33. The molecule has 27 rings (SSSR count). The minimum absolute atomic E-state index is 0.198. The van der Waals surface area contributed by atoms with Gasteiger partial charge in [-0.3, -0.25) is 24.9 Å². The van der Waals surface area contributed by atoms with Crippen LogP contribution in [-0.2, 0) is 5.41 Å². The molecule has 0 bridgehead atoms. The predicted molar refractivity (Wildman–Crippen MR) is 562 cm³/mol. The highest BCUT2D eigenvalue weighted by Crippen LogP contribution is 2.52. The first-order valence-electron chi connectivity index (χ1n) is 45.9. The average Bonchev–Trinajstić information content (AvgIpc) is 1.29. The van der Waals surface area contributed by atoms with Gasteiger partial charge in [0, 0.05) is 142 Å². The summed E-state index contributed by atoms with van der Waals surface area (Å²) in [5, 5.41) is 30.0. The van der Waals surface area contributed by atoms with E-state index >= 15 is 0 Å². The van der Waals surface area contributed by atoms with Crippen LogP contribution in [-0.4, -0.2) is 54.8 Å². The van der Waals surface area contributed by atoms with Crippen LogP contribution in [0.1, 0.15) is 30.5 Å². The summed E-state index contributed by atoms with van der Waals surface area (Å²) in [6.45, 7) is 4.51. The van der Waals surface area contributed by atoms with Gasteiger partial charge in [-0.05, 0) is 195 Å². The second kappa shape index (κ2) is 33.4. The van der Waals surface area contributed by atoms with Crippen LogP contribution in [0.5, 0.6) is 0 Å². The van der Waals surface area contributed by atoms with E-state index < -0.39 is 0 Å². The molecule has 0 aliphatic heterocycles. The third kappa shape index (κ3) is 14.0. The van der Waals surface area contributed by atoms with Gasteiger partial charge in [0.1, 0.15) is 0 Å². The SMILES string of the molecule is CC1(C)c2cc(C#N)ccc2-c2ccc(-c3cccc(-c4nc5c6ccccc6c6ccccc6c5c5ncccc45)c3)cc21.c1ccc(-c2nc(-c3ccccc3)nc(-c3ccc(-c4nc5c6ccccc6c6ccccc6c5c5ncccc45)cc3)n2)cc1.c1cncc(-c2cc(-c3ccc(-c4nc5c6ccccc6c6ccccc6c5c5ncccc45)cc3)cc(-c3cccnc3)c2)c1. The van der Waals surface area contributed by atoms with Crippen molar-refractivity contribution < 1.29 is 0 Å². The van der Waals surface area contributed by atoms with Crippen molar-refractivity contribution in [3.8, 4) is 130 Å². The van der Waals surface area contributed by atoms with Gasteiger partial charge in [0.15, 0.2) is 17.5 Å². The van der Waals surface area contributed by atoms with E-state index in [1.54, 1.807) is 12.4 Å². The molecule has 12 heteroatoms. The van der Waals surface area contributed by atoms with Crippen LogP contribution in [0.15, 0.2) is 438 Å². The maximum atomic E-state index is 9.53. The van der Waals surface area contributed by atoms with E-state index in [1.807, 2.05) is 134 Å². The molecule has 0 fully saturated rings. The largest absolute Gasteiger partial charge is 0.264 e. The number of benzene rings is 17. The van der Waals surface area contributed by atoms with Crippen molar-refractivity contribution in [2.45, 2.75) is 19.3 Å². The third-order valence-corrected chi connectivity index (χ3v) is 27.1. The number of nitrogens with zero attached hydrogens (tertiary/aromatic N) is 12. The van der Waals surface area contributed by atoms with E-state index in [0.29, 0.717) is 23.0 Å². The number of rotatable bonds is 10. The molecule has 1 aliphatic rings. The van der Waals surface area contributed by atoms with E-state index in [9.17, 15) is 5.26 Å². The number of hydrogen-bond donors (Lipinski definition) is 0. The van der Waals surface area contributed by atoms with Crippen molar-refractivity contribution >= 4 is 130 Å². The fraction of sp³-hybridized carbons (Fsp3) is 0.0240. The maximum absolute atomic E-state index is 9.53. The van der Waals surface area contributed by atoms with Gasteiger partial charge < -0.3 is 0 Å². The molecule has 0 spiro atoms. The van der Waals surface area contributed by atoms with Gasteiger partial charge in [-0.2, -0.15) is 5.26 Å². The number of aromatic nitrogens is 11. The van der Waals surface area contributed by atoms with E-state index in [-0.39, 0.29) is 5.41 Å². The Hall–Kier alpha value is -18.4. The summed E-state index contributed by atoms with van der Waals surface area (Å²) in [6, 6.07) is 140. The molecule has 1 aliphatic carbocycles. The summed E-state index contributed by atoms with van der Waals surface area (Å²) in [7, 11) is 0. The van der Waals surface area contributed by atoms with Gasteiger partial charge in [0.25, 0.3) is 0 Å². The molecular weight excluding hydrogens is 1670 g/mol. The van der Waals surface area contributed by atoms with Gasteiger partial charge in [0.2, 0.25) is 0 Å². The van der Waals surface area contributed by atoms with Crippen molar-refractivity contribution in [1.82, 2.24) is 54.8 Å². The molecular formula is C125H78N12. The summed E-state index contributed by atoms with van der Waals surface area (Å²) >= 11 is 0. The summed E-state index contributed by atoms with van der Waals surface area (Å²) < 4.78 is 0. The third-order valence-electron chi connectivity index (χ3n) is 27.1. The lowest BCUT2D eigenvalue weighted by Crippen LogP contribution is -2.15. The van der Waals surface area contributed by atoms with Gasteiger partial charge in [0.05, 0.1) is 61.8 Å². The van der Waals surface area contributed by atoms with E-state index in [4.69, 9.17) is 44.9 Å². The zero-order valence-corrected chi connectivity index (χ0v) is 74.4. The molecule has 0 saturated heterocycles. The van der Waals surface area contributed by atoms with Crippen LogP contribution in [0.25, 0.3) is 254 Å². The molecule has 0 radical (unpaired) electrons. The highest BCUT2D eigenvalue weighted by atomic mass is 15.0. The molecule has 9 heterocycles. The monoisotopic (exact) mass is 1750 g/mol. The van der Waals surface area contributed by atoms with Crippen LogP contribution >= 0.6 is 0 Å². The Morgan fingerprint density at radius 1 is 0.204 bits per heavy atom. The van der Waals surface area contributed by atoms with E-state index in [0.717, 1.165) is 182 Å². The Kier molecular flexibility index (Phi) is 19.7. The highest BCUT2D eigenvalue weighted by Gasteiger charge is 2.36. The lowest BCUT2D eigenvalue weighted by Gasteiger charge is -2.22. The predicted octanol–water partition coefficient (Wildman–Crippen LogP) is 31.1. The molecule has 638 valence electrons. The standard InChI is InChI=1S/C42H26N4.C42H27N3.C41H25N5/c1-3-12-36-34(10-1)35-11-2-4-13-37(35)42-39(36)41-38(14-7-21-45-41)40(46-42)28-17-15-27(16-18-28)31-22-32(29-8-5-19-43-25-29)24-33(23-31)30-9-6-20-44-26-30;1-42(2)36-21-25(24-43)16-18-31(36)32-19-17-27(23-37(32)42)26-9-7-10-28(22-26)39-35-15-8-20-44-40(35)38-33-13-5-3-11-29(33)30-12-4-6-14-34(30)41(38)45-39;1-3-12-27(13-4-1)39-44-40(28-14-5-2-6-15-28)46-41(45-39)29-23-21-26(22-24-29)36-34-20-11-25-42-37(34)35-32-18-9-7-16-30(32)31-17-8-10-19-33(31)38(35)43-36/h1-26H;3-23H,1-2H3;1-25H. The summed E-state index contributed by atoms with van der Waals surface area (Å²) in [4.78, 5) is 54.5. The minimum Gasteiger partial charge on any atom is -0.264 e. The zero-order valence-electron chi connectivity index (χ0n) is 74.4. The average molecular weight is 1750 g/mol. The topological polar surface area (TPSA) is 166 Å². The van der Waals surface area contributed by atoms with Crippen LogP contribution in [0, 0.1) is 11.3 Å². The molecule has 9 aromatic heterocycles. The molecule has 26 aromatic rings. The summed E-state index contributed by atoms with van der Waals surface area (Å²) in [6.07, 6.45) is 13.1. The van der Waals surface area contributed by atoms with Crippen LogP contribution in [0.4, 0.5) is 0 Å². The Labute approximate surface area is 788 Å². The Balaban J connectivity index is 0.000000109. The van der Waals surface area contributed by atoms with E-state index in [1.165, 1.54) is 65.3 Å². The number of fused-ring (bicyclic) bond motifs is 27. The Morgan fingerprint density at radius 2 is 0.496 bits per heavy atom. The number of nitriles is 1. The quantitative estimate of drug-likeness (QED) is 0.119. The first-order valence-corrected chi connectivity index (χ1v) is 45.9. The lowest BCUT2D eigenvalue weighted by atomic mass is 9.81. The molecule has 0 unspecified atom stereocenters. The maximum Gasteiger partial charge on any atom is 0.164 e. The fourth-order valence-corrected chi connectivity index (χ4v) is 20.6. The van der Waals surface area contributed by atoms with Crippen LogP contribution < -0.4 is 0 Å². The second-order valence-electron chi connectivity index (χ2n) is 35.3. The van der Waals surface area contributed by atoms with Gasteiger partial charge in [-0.1, -0.05) is 317 Å². The van der Waals surface area contributed by atoms with Gasteiger partial charge in [-0.15, -0.1) is 0 Å². The van der Waals surface area contributed by atoms with Crippen LogP contribution in [0.2, 0.25) is 0 Å². The summed E-state index contributed by atoms with van der Waals surface area (Å²) in [5.41, 5.74) is 28.9. The molecule has 0 atom stereocenters. The molecule has 12 nitrogen and oxygen atoms in total. The zero-order chi connectivity index (χ0) is 91.2. The first kappa shape index (κ1) is 80.6.